The number of nitrogens with zero attached hydrogens (tertiary/aromatic N) is 1. The van der Waals surface area contributed by atoms with Crippen LogP contribution < -0.4 is 0 Å². The number of morpholine rings is 1. The van der Waals surface area contributed by atoms with Crippen LogP contribution in [0, 0.1) is 5.41 Å². The van der Waals surface area contributed by atoms with Gasteiger partial charge in [-0.05, 0) is 33.7 Å². The van der Waals surface area contributed by atoms with Gasteiger partial charge >= 0.3 is 5.97 Å². The summed E-state index contributed by atoms with van der Waals surface area (Å²) in [5.74, 6) is -0.0942. The smallest absolute Gasteiger partial charge is 0.311 e. The van der Waals surface area contributed by atoms with Crippen molar-refractivity contribution in [3.8, 4) is 0 Å². The van der Waals surface area contributed by atoms with Crippen LogP contribution >= 0.6 is 0 Å². The Bertz CT molecular complexity index is 222. The molecular formula is C12H23NO3. The van der Waals surface area contributed by atoms with Crippen molar-refractivity contribution in [3.63, 3.8) is 0 Å². The van der Waals surface area contributed by atoms with Gasteiger partial charge in [0.2, 0.25) is 0 Å². The van der Waals surface area contributed by atoms with E-state index >= 15 is 0 Å². The number of esters is 1. The maximum Gasteiger partial charge on any atom is 0.311 e. The second kappa shape index (κ2) is 6.21. The molecule has 0 unspecified atom stereocenters. The lowest BCUT2D eigenvalue weighted by atomic mass is 9.89. The van der Waals surface area contributed by atoms with Crippen molar-refractivity contribution in [2.75, 3.05) is 39.5 Å². The van der Waals surface area contributed by atoms with E-state index in [4.69, 9.17) is 9.47 Å². The first-order valence-electron chi connectivity index (χ1n) is 6.03. The van der Waals surface area contributed by atoms with E-state index in [-0.39, 0.29) is 11.4 Å². The Morgan fingerprint density at radius 2 is 2.00 bits per heavy atom. The molecule has 94 valence electrons. The number of ether oxygens (including phenoxy) is 2. The highest BCUT2D eigenvalue weighted by molar-refractivity contribution is 5.75. The molecule has 0 aromatic rings. The highest BCUT2D eigenvalue weighted by Crippen LogP contribution is 2.22. The summed E-state index contributed by atoms with van der Waals surface area (Å²) in [5, 5.41) is 0. The maximum atomic E-state index is 11.7. The van der Waals surface area contributed by atoms with Crippen molar-refractivity contribution >= 4 is 5.97 Å². The first-order chi connectivity index (χ1) is 7.56. The summed E-state index contributed by atoms with van der Waals surface area (Å²) in [6.45, 7) is 10.7. The molecule has 0 bridgehead atoms. The van der Waals surface area contributed by atoms with Gasteiger partial charge in [0.1, 0.15) is 0 Å². The van der Waals surface area contributed by atoms with Crippen LogP contribution in [0.15, 0.2) is 0 Å². The van der Waals surface area contributed by atoms with Crippen molar-refractivity contribution in [1.29, 1.82) is 0 Å². The second-order valence-corrected chi connectivity index (χ2v) is 4.81. The molecule has 1 fully saturated rings. The van der Waals surface area contributed by atoms with Crippen LogP contribution in [0.5, 0.6) is 0 Å². The highest BCUT2D eigenvalue weighted by atomic mass is 16.5. The molecule has 0 aromatic heterocycles. The average Bonchev–Trinajstić information content (AvgIpc) is 2.28. The summed E-state index contributed by atoms with van der Waals surface area (Å²) in [6, 6.07) is 0. The van der Waals surface area contributed by atoms with Crippen molar-refractivity contribution in [3.05, 3.63) is 0 Å². The normalized spacial score (nSPS) is 18.4. The fourth-order valence-electron chi connectivity index (χ4n) is 1.69. The van der Waals surface area contributed by atoms with Crippen LogP contribution in [0.2, 0.25) is 0 Å². The Balaban J connectivity index is 2.31. The summed E-state index contributed by atoms with van der Waals surface area (Å²) < 4.78 is 10.3. The molecule has 0 saturated carbocycles. The van der Waals surface area contributed by atoms with E-state index in [1.165, 1.54) is 0 Å². The lowest BCUT2D eigenvalue weighted by Gasteiger charge is -2.30. The van der Waals surface area contributed by atoms with Gasteiger partial charge < -0.3 is 9.47 Å². The summed E-state index contributed by atoms with van der Waals surface area (Å²) in [6.07, 6.45) is 0.839. The molecule has 0 spiro atoms. The lowest BCUT2D eigenvalue weighted by Crippen LogP contribution is -2.39. The third-order valence-corrected chi connectivity index (χ3v) is 2.98. The molecule has 0 aromatic carbocycles. The van der Waals surface area contributed by atoms with E-state index in [1.54, 1.807) is 0 Å². The predicted octanol–water partition coefficient (Wildman–Crippen LogP) is 1.30. The van der Waals surface area contributed by atoms with Gasteiger partial charge in [0.25, 0.3) is 0 Å². The molecule has 4 nitrogen and oxygen atoms in total. The Hall–Kier alpha value is -0.610. The largest absolute Gasteiger partial charge is 0.466 e. The third kappa shape index (κ3) is 4.10. The second-order valence-electron chi connectivity index (χ2n) is 4.81. The molecule has 1 rings (SSSR count). The molecular weight excluding hydrogens is 206 g/mol. The molecule has 0 radical (unpaired) electrons. The van der Waals surface area contributed by atoms with E-state index < -0.39 is 0 Å². The molecule has 1 saturated heterocycles. The topological polar surface area (TPSA) is 38.8 Å². The zero-order chi connectivity index (χ0) is 12.0. The molecule has 1 heterocycles. The van der Waals surface area contributed by atoms with E-state index in [1.807, 2.05) is 20.8 Å². The highest BCUT2D eigenvalue weighted by Gasteiger charge is 2.29. The van der Waals surface area contributed by atoms with Gasteiger partial charge in [-0.3, -0.25) is 9.69 Å². The number of rotatable bonds is 5. The van der Waals surface area contributed by atoms with Crippen LogP contribution in [0.3, 0.4) is 0 Å². The summed E-state index contributed by atoms with van der Waals surface area (Å²) in [7, 11) is 0. The van der Waals surface area contributed by atoms with E-state index in [0.29, 0.717) is 6.61 Å². The minimum absolute atomic E-state index is 0.0942. The van der Waals surface area contributed by atoms with Gasteiger partial charge in [-0.25, -0.2) is 0 Å². The maximum absolute atomic E-state index is 11.7. The van der Waals surface area contributed by atoms with Crippen molar-refractivity contribution in [1.82, 2.24) is 4.90 Å². The predicted molar refractivity (Wildman–Crippen MR) is 62.3 cm³/mol. The van der Waals surface area contributed by atoms with Crippen LogP contribution in [0.1, 0.15) is 27.2 Å². The lowest BCUT2D eigenvalue weighted by molar-refractivity contribution is -0.154. The number of hydrogen-bond acceptors (Lipinski definition) is 4. The molecule has 0 atom stereocenters. The average molecular weight is 229 g/mol. The molecule has 4 heteroatoms. The van der Waals surface area contributed by atoms with Crippen LogP contribution in [0.4, 0.5) is 0 Å². The van der Waals surface area contributed by atoms with E-state index in [2.05, 4.69) is 4.90 Å². The Kier molecular flexibility index (Phi) is 5.22. The van der Waals surface area contributed by atoms with Crippen molar-refractivity contribution in [2.45, 2.75) is 27.2 Å². The van der Waals surface area contributed by atoms with Gasteiger partial charge in [-0.1, -0.05) is 0 Å². The summed E-state index contributed by atoms with van der Waals surface area (Å²) in [4.78, 5) is 14.0. The minimum atomic E-state index is -0.381. The minimum Gasteiger partial charge on any atom is -0.466 e. The van der Waals surface area contributed by atoms with Crippen LogP contribution in [0.25, 0.3) is 0 Å². The molecule has 1 aliphatic rings. The van der Waals surface area contributed by atoms with Gasteiger partial charge in [0.05, 0.1) is 25.2 Å². The number of hydrogen-bond donors (Lipinski definition) is 0. The molecule has 1 aliphatic heterocycles. The number of carbonyl (C=O) groups is 1. The quantitative estimate of drug-likeness (QED) is 0.666. The monoisotopic (exact) mass is 229 g/mol. The summed E-state index contributed by atoms with van der Waals surface area (Å²) >= 11 is 0. The molecule has 0 amide bonds. The van der Waals surface area contributed by atoms with Gasteiger partial charge in [0, 0.05) is 13.1 Å². The third-order valence-electron chi connectivity index (χ3n) is 2.98. The summed E-state index contributed by atoms with van der Waals surface area (Å²) in [5.41, 5.74) is -0.381. The first kappa shape index (κ1) is 13.5. The van der Waals surface area contributed by atoms with Gasteiger partial charge in [-0.15, -0.1) is 0 Å². The SMILES string of the molecule is CCOC(=O)C(C)(C)CCN1CCOCC1. The van der Waals surface area contributed by atoms with Crippen LogP contribution in [-0.2, 0) is 14.3 Å². The van der Waals surface area contributed by atoms with Crippen molar-refractivity contribution < 1.29 is 14.3 Å². The van der Waals surface area contributed by atoms with Crippen molar-refractivity contribution in [2.24, 2.45) is 5.41 Å². The Morgan fingerprint density at radius 3 is 2.56 bits per heavy atom. The van der Waals surface area contributed by atoms with Gasteiger partial charge in [-0.2, -0.15) is 0 Å². The molecule has 16 heavy (non-hydrogen) atoms. The van der Waals surface area contributed by atoms with E-state index in [9.17, 15) is 4.79 Å². The standard InChI is InChI=1S/C12H23NO3/c1-4-16-11(14)12(2,3)5-6-13-7-9-15-10-8-13/h4-10H2,1-3H3. The van der Waals surface area contributed by atoms with Crippen LogP contribution in [-0.4, -0.2) is 50.3 Å². The molecule has 0 N–H and O–H groups in total. The van der Waals surface area contributed by atoms with E-state index in [0.717, 1.165) is 39.3 Å². The number of carbonyl (C=O) groups excluding carboxylic acids is 1. The zero-order valence-electron chi connectivity index (χ0n) is 10.6. The first-order valence-corrected chi connectivity index (χ1v) is 6.03. The fourth-order valence-corrected chi connectivity index (χ4v) is 1.69. The zero-order valence-corrected chi connectivity index (χ0v) is 10.6. The molecule has 0 aliphatic carbocycles. The Morgan fingerprint density at radius 1 is 1.38 bits per heavy atom. The Labute approximate surface area is 97.9 Å². The van der Waals surface area contributed by atoms with Gasteiger partial charge in [0.15, 0.2) is 0 Å². The fraction of sp³-hybridized carbons (Fsp3) is 0.917.